The Balaban J connectivity index is 1.35. The molecule has 2 saturated heterocycles. The van der Waals surface area contributed by atoms with Gasteiger partial charge >= 0.3 is 0 Å². The third-order valence-corrected chi connectivity index (χ3v) is 4.99. The highest BCUT2D eigenvalue weighted by Gasteiger charge is 2.17. The number of hydrogen-bond acceptors (Lipinski definition) is 5. The fourth-order valence-corrected chi connectivity index (χ4v) is 3.49. The van der Waals surface area contributed by atoms with E-state index in [1.165, 1.54) is 12.8 Å². The molecule has 0 radical (unpaired) electrons. The molecule has 1 atom stereocenters. The van der Waals surface area contributed by atoms with Gasteiger partial charge in [0, 0.05) is 25.3 Å². The van der Waals surface area contributed by atoms with Crippen LogP contribution in [0, 0.1) is 0 Å². The first-order chi connectivity index (χ1) is 13.3. The summed E-state index contributed by atoms with van der Waals surface area (Å²) in [4.78, 5) is 19.3. The topological polar surface area (TPSA) is 63.7 Å². The predicted molar refractivity (Wildman–Crippen MR) is 105 cm³/mol. The summed E-state index contributed by atoms with van der Waals surface area (Å²) in [6.07, 6.45) is 6.41. The van der Waals surface area contributed by atoms with Crippen molar-refractivity contribution < 1.29 is 14.3 Å². The molecule has 0 aliphatic carbocycles. The van der Waals surface area contributed by atoms with Crippen molar-refractivity contribution in [2.75, 3.05) is 36.5 Å². The van der Waals surface area contributed by atoms with E-state index in [4.69, 9.17) is 9.47 Å². The first-order valence-corrected chi connectivity index (χ1v) is 9.65. The Morgan fingerprint density at radius 1 is 1.22 bits per heavy atom. The molecule has 6 heteroatoms. The number of hydrogen-bond donors (Lipinski definition) is 1. The van der Waals surface area contributed by atoms with E-state index in [0.717, 1.165) is 38.4 Å². The van der Waals surface area contributed by atoms with E-state index in [1.54, 1.807) is 18.3 Å². The number of carbonyl (C=O) groups excluding carboxylic acids is 1. The molecule has 0 bridgehead atoms. The number of anilines is 2. The second-order valence-corrected chi connectivity index (χ2v) is 7.03. The van der Waals surface area contributed by atoms with Gasteiger partial charge in [0.05, 0.1) is 18.0 Å². The Kier molecular flexibility index (Phi) is 5.53. The number of ether oxygens (including phenoxy) is 2. The molecule has 0 spiro atoms. The quantitative estimate of drug-likeness (QED) is 0.847. The fourth-order valence-electron chi connectivity index (χ4n) is 3.49. The van der Waals surface area contributed by atoms with Gasteiger partial charge in [0.15, 0.2) is 0 Å². The van der Waals surface area contributed by atoms with Gasteiger partial charge in [-0.15, -0.1) is 0 Å². The van der Waals surface area contributed by atoms with Crippen LogP contribution in [0.25, 0.3) is 0 Å². The first-order valence-electron chi connectivity index (χ1n) is 9.65. The molecule has 2 aliphatic heterocycles. The smallest absolute Gasteiger partial charge is 0.255 e. The van der Waals surface area contributed by atoms with E-state index in [9.17, 15) is 4.79 Å². The number of amides is 1. The zero-order valence-electron chi connectivity index (χ0n) is 15.4. The number of carbonyl (C=O) groups is 1. The van der Waals surface area contributed by atoms with Crippen molar-refractivity contribution in [1.82, 2.24) is 4.98 Å². The molecule has 6 nitrogen and oxygen atoms in total. The Hall–Kier alpha value is -2.60. The number of benzene rings is 1. The first kappa shape index (κ1) is 17.8. The van der Waals surface area contributed by atoms with E-state index >= 15 is 0 Å². The molecular weight excluding hydrogens is 342 g/mol. The fraction of sp³-hybridized carbons (Fsp3) is 0.429. The van der Waals surface area contributed by atoms with Crippen molar-refractivity contribution >= 4 is 17.4 Å². The zero-order valence-corrected chi connectivity index (χ0v) is 15.4. The Morgan fingerprint density at radius 2 is 2.11 bits per heavy atom. The Morgan fingerprint density at radius 3 is 2.85 bits per heavy atom. The van der Waals surface area contributed by atoms with E-state index in [1.807, 2.05) is 24.3 Å². The molecule has 3 heterocycles. The van der Waals surface area contributed by atoms with Crippen LogP contribution in [0.5, 0.6) is 5.75 Å². The molecule has 2 fully saturated rings. The minimum absolute atomic E-state index is 0.155. The van der Waals surface area contributed by atoms with Crippen molar-refractivity contribution in [2.24, 2.45) is 0 Å². The van der Waals surface area contributed by atoms with Crippen LogP contribution in [-0.4, -0.2) is 43.3 Å². The molecule has 1 aromatic carbocycles. The van der Waals surface area contributed by atoms with Crippen molar-refractivity contribution in [3.8, 4) is 5.75 Å². The summed E-state index contributed by atoms with van der Waals surface area (Å²) < 4.78 is 11.3. The molecule has 27 heavy (non-hydrogen) atoms. The number of nitrogens with one attached hydrogen (secondary N) is 1. The van der Waals surface area contributed by atoms with Crippen LogP contribution in [0.3, 0.4) is 0 Å². The number of nitrogens with zero attached hydrogens (tertiary/aromatic N) is 2. The SMILES string of the molecule is O=C(Nc1ccc(N2CCCC2)nc1)c1cccc(OCC2CCCO2)c1. The lowest BCUT2D eigenvalue weighted by Crippen LogP contribution is -2.19. The van der Waals surface area contributed by atoms with E-state index in [-0.39, 0.29) is 12.0 Å². The number of rotatable bonds is 6. The van der Waals surface area contributed by atoms with Gasteiger partial charge in [-0.05, 0) is 56.0 Å². The van der Waals surface area contributed by atoms with Crippen molar-refractivity contribution in [3.05, 3.63) is 48.2 Å². The summed E-state index contributed by atoms with van der Waals surface area (Å²) in [5.41, 5.74) is 1.25. The van der Waals surface area contributed by atoms with Gasteiger partial charge < -0.3 is 19.7 Å². The molecule has 1 amide bonds. The van der Waals surface area contributed by atoms with E-state index in [2.05, 4.69) is 15.2 Å². The van der Waals surface area contributed by atoms with Gasteiger partial charge in [-0.3, -0.25) is 4.79 Å². The highest BCUT2D eigenvalue weighted by Crippen LogP contribution is 2.21. The number of pyridine rings is 1. The maximum absolute atomic E-state index is 12.5. The third-order valence-electron chi connectivity index (χ3n) is 4.99. The van der Waals surface area contributed by atoms with Crippen molar-refractivity contribution in [3.63, 3.8) is 0 Å². The highest BCUT2D eigenvalue weighted by atomic mass is 16.5. The lowest BCUT2D eigenvalue weighted by molar-refractivity contribution is 0.0679. The van der Waals surface area contributed by atoms with Crippen LogP contribution in [0.4, 0.5) is 11.5 Å². The Labute approximate surface area is 159 Å². The maximum Gasteiger partial charge on any atom is 0.255 e. The third kappa shape index (κ3) is 4.57. The second-order valence-electron chi connectivity index (χ2n) is 7.03. The molecule has 142 valence electrons. The zero-order chi connectivity index (χ0) is 18.5. The van der Waals surface area contributed by atoms with Crippen LogP contribution in [0.15, 0.2) is 42.6 Å². The summed E-state index contributed by atoms with van der Waals surface area (Å²) in [7, 11) is 0. The summed E-state index contributed by atoms with van der Waals surface area (Å²) in [6, 6.07) is 11.1. The van der Waals surface area contributed by atoms with Crippen LogP contribution in [0.2, 0.25) is 0 Å². The van der Waals surface area contributed by atoms with Gasteiger partial charge in [0.2, 0.25) is 0 Å². The highest BCUT2D eigenvalue weighted by molar-refractivity contribution is 6.04. The minimum Gasteiger partial charge on any atom is -0.491 e. The van der Waals surface area contributed by atoms with Gasteiger partial charge in [0.25, 0.3) is 5.91 Å². The minimum atomic E-state index is -0.173. The standard InChI is InChI=1S/C21H25N3O3/c25-21(23-17-8-9-20(22-14-17)24-10-1-2-11-24)16-5-3-6-18(13-16)27-15-19-7-4-12-26-19/h3,5-6,8-9,13-14,19H,1-2,4,7,10-12,15H2,(H,23,25). The van der Waals surface area contributed by atoms with Gasteiger partial charge in [-0.25, -0.2) is 4.98 Å². The lowest BCUT2D eigenvalue weighted by Gasteiger charge is -2.16. The largest absolute Gasteiger partial charge is 0.491 e. The number of aromatic nitrogens is 1. The summed E-state index contributed by atoms with van der Waals surface area (Å²) >= 11 is 0. The molecular formula is C21H25N3O3. The van der Waals surface area contributed by atoms with Crippen LogP contribution in [-0.2, 0) is 4.74 Å². The van der Waals surface area contributed by atoms with E-state index < -0.39 is 0 Å². The molecule has 1 aromatic heterocycles. The monoisotopic (exact) mass is 367 g/mol. The average Bonchev–Trinajstić information content (AvgIpc) is 3.41. The molecule has 2 aromatic rings. The van der Waals surface area contributed by atoms with Gasteiger partial charge in [-0.1, -0.05) is 6.07 Å². The molecule has 2 aliphatic rings. The lowest BCUT2D eigenvalue weighted by atomic mass is 10.2. The van der Waals surface area contributed by atoms with Crippen LogP contribution < -0.4 is 15.0 Å². The summed E-state index contributed by atoms with van der Waals surface area (Å²) in [5.74, 6) is 1.48. The molecule has 0 saturated carbocycles. The molecule has 4 rings (SSSR count). The predicted octanol–water partition coefficient (Wildman–Crippen LogP) is 3.49. The van der Waals surface area contributed by atoms with Crippen molar-refractivity contribution in [2.45, 2.75) is 31.8 Å². The van der Waals surface area contributed by atoms with Crippen LogP contribution in [0.1, 0.15) is 36.0 Å². The second kappa shape index (κ2) is 8.39. The van der Waals surface area contributed by atoms with Gasteiger partial charge in [0.1, 0.15) is 18.2 Å². The molecule has 1 N–H and O–H groups in total. The van der Waals surface area contributed by atoms with Crippen molar-refractivity contribution in [1.29, 1.82) is 0 Å². The summed E-state index contributed by atoms with van der Waals surface area (Å²) in [5, 5.41) is 2.90. The Bertz CT molecular complexity index is 766. The normalized spacial score (nSPS) is 19.3. The van der Waals surface area contributed by atoms with Crippen LogP contribution >= 0.6 is 0 Å². The van der Waals surface area contributed by atoms with E-state index in [0.29, 0.717) is 23.6 Å². The average molecular weight is 367 g/mol. The van der Waals surface area contributed by atoms with Gasteiger partial charge in [-0.2, -0.15) is 0 Å². The maximum atomic E-state index is 12.5. The summed E-state index contributed by atoms with van der Waals surface area (Å²) in [6.45, 7) is 3.43. The molecule has 1 unspecified atom stereocenters.